The summed E-state index contributed by atoms with van der Waals surface area (Å²) >= 11 is 0. The quantitative estimate of drug-likeness (QED) is 0.487. The maximum Gasteiger partial charge on any atom is 0.310 e. The molecule has 3 aromatic heterocycles. The molecule has 0 bridgehead atoms. The highest BCUT2D eigenvalue weighted by atomic mass is 19.1. The lowest BCUT2D eigenvalue weighted by Gasteiger charge is -2.37. The van der Waals surface area contributed by atoms with E-state index in [1.807, 2.05) is 41.3 Å². The number of rotatable bonds is 5. The molecule has 2 fully saturated rings. The summed E-state index contributed by atoms with van der Waals surface area (Å²) in [5.41, 5.74) is 3.14. The monoisotopic (exact) mass is 458 g/mol. The number of aromatic nitrogens is 4. The predicted octanol–water partition coefficient (Wildman–Crippen LogP) is 3.79. The molecule has 0 radical (unpaired) electrons. The van der Waals surface area contributed by atoms with Crippen LogP contribution in [0.25, 0.3) is 17.0 Å². The van der Waals surface area contributed by atoms with E-state index in [9.17, 15) is 9.18 Å². The van der Waals surface area contributed by atoms with Gasteiger partial charge in [0.2, 0.25) is 0 Å². The van der Waals surface area contributed by atoms with Crippen LogP contribution < -0.4 is 9.80 Å². The fourth-order valence-electron chi connectivity index (χ4n) is 4.86. The summed E-state index contributed by atoms with van der Waals surface area (Å²) in [6, 6.07) is 16.5. The van der Waals surface area contributed by atoms with Gasteiger partial charge in [-0.25, -0.2) is 18.9 Å². The predicted molar refractivity (Wildman–Crippen MR) is 125 cm³/mol. The molecule has 5 heterocycles. The number of pyridine rings is 1. The van der Waals surface area contributed by atoms with E-state index in [0.29, 0.717) is 18.7 Å². The average molecular weight is 458 g/mol. The Hall–Kier alpha value is -4.01. The first-order chi connectivity index (χ1) is 16.6. The van der Waals surface area contributed by atoms with E-state index in [-0.39, 0.29) is 17.8 Å². The summed E-state index contributed by atoms with van der Waals surface area (Å²) in [7, 11) is 0. The molecule has 0 amide bonds. The number of carboxylic acid groups (broad SMARTS) is 1. The van der Waals surface area contributed by atoms with E-state index < -0.39 is 5.97 Å². The minimum atomic E-state index is -0.774. The second-order valence-corrected chi connectivity index (χ2v) is 8.83. The van der Waals surface area contributed by atoms with Crippen LogP contribution in [-0.4, -0.2) is 50.3 Å². The third kappa shape index (κ3) is 3.53. The van der Waals surface area contributed by atoms with Gasteiger partial charge in [-0.15, -0.1) is 5.10 Å². The molecular formula is C25H23FN6O2. The van der Waals surface area contributed by atoms with Crippen molar-refractivity contribution in [2.45, 2.75) is 18.9 Å². The van der Waals surface area contributed by atoms with Crippen LogP contribution in [0, 0.1) is 11.7 Å². The van der Waals surface area contributed by atoms with Crippen molar-refractivity contribution in [3.63, 3.8) is 0 Å². The maximum absolute atomic E-state index is 13.9. The molecule has 34 heavy (non-hydrogen) atoms. The second-order valence-electron chi connectivity index (χ2n) is 8.83. The molecule has 0 saturated carbocycles. The zero-order chi connectivity index (χ0) is 23.2. The Bertz CT molecular complexity index is 1380. The highest BCUT2D eigenvalue weighted by molar-refractivity contribution is 5.74. The number of carboxylic acids is 1. The van der Waals surface area contributed by atoms with Crippen molar-refractivity contribution < 1.29 is 14.3 Å². The second kappa shape index (κ2) is 8.09. The summed E-state index contributed by atoms with van der Waals surface area (Å²) in [4.78, 5) is 24.6. The van der Waals surface area contributed by atoms with Crippen LogP contribution in [0.4, 0.5) is 16.0 Å². The van der Waals surface area contributed by atoms with Crippen LogP contribution in [0.15, 0.2) is 60.8 Å². The molecule has 6 rings (SSSR count). The van der Waals surface area contributed by atoms with Gasteiger partial charge < -0.3 is 14.9 Å². The number of hydrogen-bond donors (Lipinski definition) is 1. The van der Waals surface area contributed by atoms with E-state index >= 15 is 0 Å². The van der Waals surface area contributed by atoms with Crippen LogP contribution in [0.5, 0.6) is 0 Å². The van der Waals surface area contributed by atoms with E-state index in [2.05, 4.69) is 9.88 Å². The van der Waals surface area contributed by atoms with Crippen molar-refractivity contribution in [1.29, 1.82) is 0 Å². The van der Waals surface area contributed by atoms with Gasteiger partial charge in [-0.2, -0.15) is 0 Å². The largest absolute Gasteiger partial charge is 0.481 e. The van der Waals surface area contributed by atoms with E-state index in [1.54, 1.807) is 22.8 Å². The molecule has 1 unspecified atom stereocenters. The SMILES string of the molecule is O=C(O)C1CN(c2cccc(-c3cnc4ccc(N5CCCC5c5cccc(F)c5)nn34)n2)C1. The third-order valence-electron chi connectivity index (χ3n) is 6.68. The van der Waals surface area contributed by atoms with Crippen LogP contribution in [0.1, 0.15) is 24.4 Å². The van der Waals surface area contributed by atoms with Gasteiger partial charge >= 0.3 is 5.97 Å². The Balaban J connectivity index is 1.32. The molecule has 2 aliphatic heterocycles. The lowest BCUT2D eigenvalue weighted by atomic mass is 10.0. The van der Waals surface area contributed by atoms with E-state index in [1.165, 1.54) is 6.07 Å². The highest BCUT2D eigenvalue weighted by Crippen LogP contribution is 2.36. The number of hydrogen-bond acceptors (Lipinski definition) is 6. The fraction of sp³-hybridized carbons (Fsp3) is 0.280. The Morgan fingerprint density at radius 1 is 1.06 bits per heavy atom. The number of halogens is 1. The standard InChI is InChI=1S/C25H23FN6O2/c26-18-5-1-4-16(12-18)20-7-3-11-31(20)24-10-9-22-27-13-21(32(22)29-24)19-6-2-8-23(28-19)30-14-17(15-30)25(33)34/h1-2,4-6,8-10,12-13,17,20H,3,7,11,14-15H2,(H,33,34). The smallest absolute Gasteiger partial charge is 0.310 e. The van der Waals surface area contributed by atoms with E-state index in [0.717, 1.165) is 48.0 Å². The molecule has 0 aliphatic carbocycles. The summed E-state index contributed by atoms with van der Waals surface area (Å²) < 4.78 is 15.6. The Labute approximate surface area is 195 Å². The first-order valence-electron chi connectivity index (χ1n) is 11.4. The van der Waals surface area contributed by atoms with Gasteiger partial charge in [0, 0.05) is 19.6 Å². The van der Waals surface area contributed by atoms with Crippen molar-refractivity contribution in [2.24, 2.45) is 5.92 Å². The van der Waals surface area contributed by atoms with Gasteiger partial charge in [0.05, 0.1) is 23.9 Å². The first-order valence-corrected chi connectivity index (χ1v) is 11.4. The molecule has 172 valence electrons. The fourth-order valence-corrected chi connectivity index (χ4v) is 4.86. The van der Waals surface area contributed by atoms with Gasteiger partial charge in [0.25, 0.3) is 0 Å². The van der Waals surface area contributed by atoms with Crippen LogP contribution in [-0.2, 0) is 4.79 Å². The maximum atomic E-state index is 13.9. The number of carbonyl (C=O) groups is 1. The molecule has 4 aromatic rings. The Morgan fingerprint density at radius 3 is 2.74 bits per heavy atom. The number of imidazole rings is 1. The molecule has 2 saturated heterocycles. The summed E-state index contributed by atoms with van der Waals surface area (Å²) in [6.45, 7) is 1.76. The number of nitrogens with zero attached hydrogens (tertiary/aromatic N) is 6. The van der Waals surface area contributed by atoms with Crippen molar-refractivity contribution >= 4 is 23.3 Å². The first kappa shape index (κ1) is 20.6. The Morgan fingerprint density at radius 2 is 1.91 bits per heavy atom. The molecule has 1 atom stereocenters. The normalized spacial score (nSPS) is 18.4. The molecule has 1 N–H and O–H groups in total. The van der Waals surface area contributed by atoms with Crippen LogP contribution in [0.3, 0.4) is 0 Å². The molecule has 2 aliphatic rings. The summed E-state index contributed by atoms with van der Waals surface area (Å²) in [6.07, 6.45) is 3.70. The topological polar surface area (TPSA) is 86.9 Å². The highest BCUT2D eigenvalue weighted by Gasteiger charge is 2.33. The summed E-state index contributed by atoms with van der Waals surface area (Å²) in [5.74, 6) is 0.197. The minimum absolute atomic E-state index is 0.0719. The number of aliphatic carboxylic acids is 1. The molecule has 0 spiro atoms. The number of anilines is 2. The molecular weight excluding hydrogens is 435 g/mol. The van der Waals surface area contributed by atoms with Gasteiger partial charge in [-0.1, -0.05) is 18.2 Å². The Kier molecular flexibility index (Phi) is 4.90. The van der Waals surface area contributed by atoms with Crippen molar-refractivity contribution in [2.75, 3.05) is 29.4 Å². The van der Waals surface area contributed by atoms with Crippen LogP contribution in [0.2, 0.25) is 0 Å². The van der Waals surface area contributed by atoms with Crippen molar-refractivity contribution in [3.05, 3.63) is 72.2 Å². The summed E-state index contributed by atoms with van der Waals surface area (Å²) in [5, 5.41) is 14.0. The van der Waals surface area contributed by atoms with Crippen molar-refractivity contribution in [3.8, 4) is 11.4 Å². The van der Waals surface area contributed by atoms with Gasteiger partial charge in [-0.05, 0) is 54.8 Å². The van der Waals surface area contributed by atoms with Crippen molar-refractivity contribution in [1.82, 2.24) is 19.6 Å². The van der Waals surface area contributed by atoms with Gasteiger partial charge in [-0.3, -0.25) is 4.79 Å². The van der Waals surface area contributed by atoms with Gasteiger partial charge in [0.15, 0.2) is 5.65 Å². The lowest BCUT2D eigenvalue weighted by Crippen LogP contribution is -2.50. The zero-order valence-electron chi connectivity index (χ0n) is 18.4. The average Bonchev–Trinajstić information content (AvgIpc) is 3.45. The number of benzene rings is 1. The molecule has 1 aromatic carbocycles. The third-order valence-corrected chi connectivity index (χ3v) is 6.68. The number of fused-ring (bicyclic) bond motifs is 1. The van der Waals surface area contributed by atoms with Crippen LogP contribution >= 0.6 is 0 Å². The molecule has 9 heteroatoms. The lowest BCUT2D eigenvalue weighted by molar-refractivity contribution is -0.142. The molecule has 8 nitrogen and oxygen atoms in total. The van der Waals surface area contributed by atoms with Gasteiger partial charge in [0.1, 0.15) is 23.1 Å². The van der Waals surface area contributed by atoms with E-state index in [4.69, 9.17) is 15.2 Å². The minimum Gasteiger partial charge on any atom is -0.481 e. The zero-order valence-corrected chi connectivity index (χ0v) is 18.4.